The molecule has 0 fully saturated rings. The third-order valence-corrected chi connectivity index (χ3v) is 3.82. The first-order valence-corrected chi connectivity index (χ1v) is 6.36. The van der Waals surface area contributed by atoms with Gasteiger partial charge in [-0.05, 0) is 47.3 Å². The van der Waals surface area contributed by atoms with Crippen LogP contribution >= 0.6 is 15.9 Å². The molecular formula is C13H16BrFO2. The van der Waals surface area contributed by atoms with Gasteiger partial charge >= 0.3 is 5.97 Å². The molecule has 2 nitrogen and oxygen atoms in total. The second-order valence-corrected chi connectivity index (χ2v) is 5.30. The average Bonchev–Trinajstić information content (AvgIpc) is 2.25. The Balaban J connectivity index is 3.02. The van der Waals surface area contributed by atoms with E-state index < -0.39 is 11.4 Å². The summed E-state index contributed by atoms with van der Waals surface area (Å²) in [6.07, 6.45) is 1.69. The number of aliphatic carboxylic acids is 1. The molecule has 0 aliphatic rings. The molecule has 0 saturated heterocycles. The zero-order valence-electron chi connectivity index (χ0n) is 9.96. The first-order chi connectivity index (χ1) is 7.90. The van der Waals surface area contributed by atoms with Gasteiger partial charge in [-0.3, -0.25) is 4.79 Å². The summed E-state index contributed by atoms with van der Waals surface area (Å²) in [6.45, 7) is 3.65. The van der Waals surface area contributed by atoms with E-state index in [-0.39, 0.29) is 5.82 Å². The van der Waals surface area contributed by atoms with E-state index in [9.17, 15) is 14.3 Å². The molecule has 1 unspecified atom stereocenters. The minimum absolute atomic E-state index is 0.328. The molecule has 1 aromatic carbocycles. The molecular weight excluding hydrogens is 287 g/mol. The molecule has 1 atom stereocenters. The summed E-state index contributed by atoms with van der Waals surface area (Å²) in [4.78, 5) is 11.3. The lowest BCUT2D eigenvalue weighted by molar-refractivity contribution is -0.148. The summed E-state index contributed by atoms with van der Waals surface area (Å²) in [7, 11) is 0. The zero-order chi connectivity index (χ0) is 13.1. The predicted molar refractivity (Wildman–Crippen MR) is 68.5 cm³/mol. The normalized spacial score (nSPS) is 14.4. The largest absolute Gasteiger partial charge is 0.481 e. The van der Waals surface area contributed by atoms with Crippen molar-refractivity contribution in [3.8, 4) is 0 Å². The molecule has 17 heavy (non-hydrogen) atoms. The molecule has 0 heterocycles. The predicted octanol–water partition coefficient (Wildman–Crippen LogP) is 4.02. The van der Waals surface area contributed by atoms with Crippen molar-refractivity contribution < 1.29 is 14.3 Å². The number of carboxylic acid groups (broad SMARTS) is 1. The molecule has 1 aromatic rings. The average molecular weight is 303 g/mol. The second-order valence-electron chi connectivity index (χ2n) is 4.51. The maximum absolute atomic E-state index is 13.3. The molecule has 0 bridgehead atoms. The van der Waals surface area contributed by atoms with Crippen molar-refractivity contribution in [2.45, 2.75) is 33.1 Å². The van der Waals surface area contributed by atoms with E-state index in [0.29, 0.717) is 22.9 Å². The lowest BCUT2D eigenvalue weighted by atomic mass is 9.80. The van der Waals surface area contributed by atoms with Crippen molar-refractivity contribution in [1.82, 2.24) is 0 Å². The molecule has 0 radical (unpaired) electrons. The molecule has 0 aliphatic carbocycles. The van der Waals surface area contributed by atoms with Crippen LogP contribution in [-0.2, 0) is 11.2 Å². The summed E-state index contributed by atoms with van der Waals surface area (Å²) in [5.74, 6) is -1.19. The van der Waals surface area contributed by atoms with Gasteiger partial charge in [-0.25, -0.2) is 4.39 Å². The molecule has 0 aromatic heterocycles. The van der Waals surface area contributed by atoms with Gasteiger partial charge in [-0.15, -0.1) is 0 Å². The van der Waals surface area contributed by atoms with E-state index in [1.54, 1.807) is 19.1 Å². The first-order valence-electron chi connectivity index (χ1n) is 5.57. The van der Waals surface area contributed by atoms with Gasteiger partial charge in [-0.1, -0.05) is 25.5 Å². The molecule has 1 N–H and O–H groups in total. The lowest BCUT2D eigenvalue weighted by Crippen LogP contribution is -2.30. The van der Waals surface area contributed by atoms with Crippen LogP contribution in [-0.4, -0.2) is 11.1 Å². The summed E-state index contributed by atoms with van der Waals surface area (Å²) in [6, 6.07) is 4.71. The van der Waals surface area contributed by atoms with Gasteiger partial charge in [0.25, 0.3) is 0 Å². The highest BCUT2D eigenvalue weighted by molar-refractivity contribution is 9.10. The Morgan fingerprint density at radius 1 is 1.53 bits per heavy atom. The van der Waals surface area contributed by atoms with Crippen LogP contribution < -0.4 is 0 Å². The minimum Gasteiger partial charge on any atom is -0.481 e. The Kier molecular flexibility index (Phi) is 4.69. The van der Waals surface area contributed by atoms with Crippen LogP contribution in [0.2, 0.25) is 0 Å². The van der Waals surface area contributed by atoms with Gasteiger partial charge in [0, 0.05) is 0 Å². The summed E-state index contributed by atoms with van der Waals surface area (Å²) >= 11 is 3.17. The summed E-state index contributed by atoms with van der Waals surface area (Å²) < 4.78 is 13.7. The van der Waals surface area contributed by atoms with Crippen molar-refractivity contribution in [1.29, 1.82) is 0 Å². The molecule has 0 spiro atoms. The van der Waals surface area contributed by atoms with Crippen LogP contribution in [0.1, 0.15) is 32.3 Å². The van der Waals surface area contributed by atoms with E-state index >= 15 is 0 Å². The number of hydrogen-bond acceptors (Lipinski definition) is 1. The Labute approximate surface area is 109 Å². The van der Waals surface area contributed by atoms with E-state index in [1.807, 2.05) is 6.92 Å². The fourth-order valence-corrected chi connectivity index (χ4v) is 2.33. The van der Waals surface area contributed by atoms with Crippen LogP contribution in [0.15, 0.2) is 22.7 Å². The van der Waals surface area contributed by atoms with Crippen molar-refractivity contribution >= 4 is 21.9 Å². The van der Waals surface area contributed by atoms with Gasteiger partial charge in [0.15, 0.2) is 0 Å². The maximum atomic E-state index is 13.3. The van der Waals surface area contributed by atoms with Crippen molar-refractivity contribution in [3.63, 3.8) is 0 Å². The lowest BCUT2D eigenvalue weighted by Gasteiger charge is -2.24. The van der Waals surface area contributed by atoms with E-state index in [0.717, 1.165) is 6.42 Å². The third kappa shape index (κ3) is 3.28. The van der Waals surface area contributed by atoms with Crippen LogP contribution in [0.5, 0.6) is 0 Å². The molecule has 94 valence electrons. The molecule has 1 rings (SSSR count). The highest BCUT2D eigenvalue weighted by Gasteiger charge is 2.33. The second kappa shape index (κ2) is 5.63. The fraction of sp³-hybridized carbons (Fsp3) is 0.462. The Morgan fingerprint density at radius 3 is 2.71 bits per heavy atom. The fourth-order valence-electron chi connectivity index (χ4n) is 1.93. The Hall–Kier alpha value is -0.900. The molecule has 4 heteroatoms. The van der Waals surface area contributed by atoms with E-state index in [2.05, 4.69) is 15.9 Å². The van der Waals surface area contributed by atoms with Crippen molar-refractivity contribution in [2.75, 3.05) is 0 Å². The minimum atomic E-state index is -0.842. The number of benzene rings is 1. The zero-order valence-corrected chi connectivity index (χ0v) is 11.6. The van der Waals surface area contributed by atoms with Gasteiger partial charge < -0.3 is 5.11 Å². The van der Waals surface area contributed by atoms with Gasteiger partial charge in [0.1, 0.15) is 5.82 Å². The highest BCUT2D eigenvalue weighted by atomic mass is 79.9. The number of halogens is 2. The van der Waals surface area contributed by atoms with Crippen LogP contribution in [0, 0.1) is 11.2 Å². The van der Waals surface area contributed by atoms with E-state index in [1.165, 1.54) is 6.07 Å². The van der Waals surface area contributed by atoms with Gasteiger partial charge in [0.05, 0.1) is 9.89 Å². The van der Waals surface area contributed by atoms with Gasteiger partial charge in [-0.2, -0.15) is 0 Å². The monoisotopic (exact) mass is 302 g/mol. The first kappa shape index (κ1) is 14.2. The Bertz CT molecular complexity index is 420. The van der Waals surface area contributed by atoms with Crippen molar-refractivity contribution in [2.24, 2.45) is 5.41 Å². The SMILES string of the molecule is CCCC(C)(Cc1cccc(F)c1Br)C(=O)O. The van der Waals surface area contributed by atoms with Crippen LogP contribution in [0.25, 0.3) is 0 Å². The highest BCUT2D eigenvalue weighted by Crippen LogP contribution is 2.32. The van der Waals surface area contributed by atoms with Crippen molar-refractivity contribution in [3.05, 3.63) is 34.1 Å². The van der Waals surface area contributed by atoms with E-state index in [4.69, 9.17) is 0 Å². The van der Waals surface area contributed by atoms with Crippen LogP contribution in [0.3, 0.4) is 0 Å². The smallest absolute Gasteiger partial charge is 0.309 e. The summed E-state index contributed by atoms with van der Waals surface area (Å²) in [5, 5.41) is 9.28. The third-order valence-electron chi connectivity index (χ3n) is 2.93. The molecule has 0 saturated carbocycles. The number of carboxylic acids is 1. The van der Waals surface area contributed by atoms with Gasteiger partial charge in [0.2, 0.25) is 0 Å². The molecule has 0 amide bonds. The Morgan fingerprint density at radius 2 is 2.18 bits per heavy atom. The number of hydrogen-bond donors (Lipinski definition) is 1. The van der Waals surface area contributed by atoms with Crippen LogP contribution in [0.4, 0.5) is 4.39 Å². The standard InChI is InChI=1S/C13H16BrFO2/c1-3-7-13(2,12(16)17)8-9-5-4-6-10(15)11(9)14/h4-6H,3,7-8H2,1-2H3,(H,16,17). The molecule has 0 aliphatic heterocycles. The number of rotatable bonds is 5. The summed E-state index contributed by atoms with van der Waals surface area (Å²) in [5.41, 5.74) is -0.145. The quantitative estimate of drug-likeness (QED) is 0.892. The number of carbonyl (C=O) groups is 1. The topological polar surface area (TPSA) is 37.3 Å². The maximum Gasteiger partial charge on any atom is 0.309 e.